The van der Waals surface area contributed by atoms with Crippen LogP contribution in [0.1, 0.15) is 17.3 Å². The van der Waals surface area contributed by atoms with Crippen molar-refractivity contribution in [3.8, 4) is 0 Å². The summed E-state index contributed by atoms with van der Waals surface area (Å²) in [7, 11) is 0. The number of nitrogens with one attached hydrogen (secondary N) is 1. The van der Waals surface area contributed by atoms with Gasteiger partial charge in [0.2, 0.25) is 5.78 Å². The van der Waals surface area contributed by atoms with E-state index in [2.05, 4.69) is 0 Å². The first kappa shape index (κ1) is 13.8. The van der Waals surface area contributed by atoms with Gasteiger partial charge in [-0.1, -0.05) is 30.3 Å². The van der Waals surface area contributed by atoms with E-state index >= 15 is 0 Å². The molecule has 1 rings (SSSR count). The molecule has 0 aliphatic heterocycles. The van der Waals surface area contributed by atoms with Crippen LogP contribution in [0.2, 0.25) is 0 Å². The summed E-state index contributed by atoms with van der Waals surface area (Å²) in [6.07, 6.45) is 0. The van der Waals surface area contributed by atoms with E-state index in [-0.39, 0.29) is 5.56 Å². The number of carbonyl (C=O) groups is 2. The summed E-state index contributed by atoms with van der Waals surface area (Å²) in [4.78, 5) is 32.3. The third-order valence-electron chi connectivity index (χ3n) is 2.13. The number of aliphatic hydroxyl groups is 1. The van der Waals surface area contributed by atoms with Crippen molar-refractivity contribution < 1.29 is 19.6 Å². The van der Waals surface area contributed by atoms with Gasteiger partial charge >= 0.3 is 0 Å². The van der Waals surface area contributed by atoms with E-state index in [1.165, 1.54) is 12.1 Å². The zero-order valence-corrected chi connectivity index (χ0v) is 9.62. The third-order valence-corrected chi connectivity index (χ3v) is 2.13. The summed E-state index contributed by atoms with van der Waals surface area (Å²) in [5, 5.41) is 21.8. The van der Waals surface area contributed by atoms with Crippen molar-refractivity contribution in [2.24, 2.45) is 0 Å². The highest BCUT2D eigenvalue weighted by atomic mass is 16.6. The topological polar surface area (TPSA) is 110 Å². The fourth-order valence-corrected chi connectivity index (χ4v) is 1.36. The van der Waals surface area contributed by atoms with Crippen LogP contribution in [0.3, 0.4) is 0 Å². The first-order valence-electron chi connectivity index (χ1n) is 5.08. The summed E-state index contributed by atoms with van der Waals surface area (Å²) >= 11 is 0. The van der Waals surface area contributed by atoms with Crippen LogP contribution in [-0.2, 0) is 4.79 Å². The number of hydrogen-bond acceptors (Lipinski definition) is 5. The SMILES string of the molecule is CC(O)(NC(=O)C[N+](=O)[O-])C(=O)c1ccccc1. The van der Waals surface area contributed by atoms with Crippen molar-refractivity contribution in [3.05, 3.63) is 46.0 Å². The second-order valence-corrected chi connectivity index (χ2v) is 3.81. The summed E-state index contributed by atoms with van der Waals surface area (Å²) in [5.74, 6) is -1.77. The average molecular weight is 252 g/mol. The minimum Gasteiger partial charge on any atom is -0.364 e. The van der Waals surface area contributed by atoms with Gasteiger partial charge in [-0.15, -0.1) is 0 Å². The lowest BCUT2D eigenvalue weighted by Gasteiger charge is -2.22. The predicted octanol–water partition coefficient (Wildman–Crippen LogP) is -0.0293. The van der Waals surface area contributed by atoms with Gasteiger partial charge in [0.05, 0.1) is 0 Å². The number of rotatable bonds is 5. The van der Waals surface area contributed by atoms with E-state index in [9.17, 15) is 24.8 Å². The summed E-state index contributed by atoms with van der Waals surface area (Å²) < 4.78 is 0. The van der Waals surface area contributed by atoms with E-state index < -0.39 is 28.9 Å². The molecular weight excluding hydrogens is 240 g/mol. The molecule has 0 aliphatic carbocycles. The Kier molecular flexibility index (Phi) is 4.11. The number of hydrogen-bond donors (Lipinski definition) is 2. The smallest absolute Gasteiger partial charge is 0.294 e. The van der Waals surface area contributed by atoms with Crippen LogP contribution in [0.15, 0.2) is 30.3 Å². The second-order valence-electron chi connectivity index (χ2n) is 3.81. The molecule has 0 aromatic heterocycles. The molecule has 2 N–H and O–H groups in total. The molecule has 18 heavy (non-hydrogen) atoms. The van der Waals surface area contributed by atoms with Gasteiger partial charge in [0.1, 0.15) is 0 Å². The summed E-state index contributed by atoms with van der Waals surface area (Å²) in [6.45, 7) is 0.0679. The Morgan fingerprint density at radius 1 is 1.39 bits per heavy atom. The van der Waals surface area contributed by atoms with Gasteiger partial charge < -0.3 is 10.4 Å². The normalized spacial score (nSPS) is 13.4. The van der Waals surface area contributed by atoms with Gasteiger partial charge in [0.25, 0.3) is 12.5 Å². The number of Topliss-reactive ketones (excluding diaryl/α,β-unsaturated/α-hetero) is 1. The second kappa shape index (κ2) is 5.37. The highest BCUT2D eigenvalue weighted by Crippen LogP contribution is 2.10. The summed E-state index contributed by atoms with van der Waals surface area (Å²) in [5.41, 5.74) is -1.97. The molecule has 0 saturated heterocycles. The van der Waals surface area contributed by atoms with Crippen molar-refractivity contribution in [2.45, 2.75) is 12.6 Å². The van der Waals surface area contributed by atoms with Crippen molar-refractivity contribution in [1.82, 2.24) is 5.32 Å². The first-order valence-corrected chi connectivity index (χ1v) is 5.08. The Morgan fingerprint density at radius 2 is 1.94 bits per heavy atom. The Bertz CT molecular complexity index is 470. The van der Waals surface area contributed by atoms with E-state index in [1.807, 2.05) is 5.32 Å². The maximum Gasteiger partial charge on any atom is 0.294 e. The molecule has 96 valence electrons. The average Bonchev–Trinajstić information content (AvgIpc) is 2.27. The Labute approximate surface area is 103 Å². The van der Waals surface area contributed by atoms with Gasteiger partial charge in [0.15, 0.2) is 5.72 Å². The fourth-order valence-electron chi connectivity index (χ4n) is 1.36. The van der Waals surface area contributed by atoms with Gasteiger partial charge in [-0.2, -0.15) is 0 Å². The maximum absolute atomic E-state index is 11.9. The van der Waals surface area contributed by atoms with Crippen LogP contribution in [0.4, 0.5) is 0 Å². The zero-order valence-electron chi connectivity index (χ0n) is 9.62. The molecule has 1 unspecified atom stereocenters. The van der Waals surface area contributed by atoms with Crippen LogP contribution < -0.4 is 5.32 Å². The van der Waals surface area contributed by atoms with Gasteiger partial charge in [-0.25, -0.2) is 0 Å². The fraction of sp³-hybridized carbons (Fsp3) is 0.273. The molecule has 7 nitrogen and oxygen atoms in total. The molecule has 7 heteroatoms. The third kappa shape index (κ3) is 3.63. The molecule has 1 amide bonds. The number of ketones is 1. The van der Waals surface area contributed by atoms with Gasteiger partial charge in [0, 0.05) is 10.5 Å². The zero-order chi connectivity index (χ0) is 13.8. The van der Waals surface area contributed by atoms with E-state index in [1.54, 1.807) is 18.2 Å². The number of nitrogens with zero attached hydrogens (tertiary/aromatic N) is 1. The molecule has 0 heterocycles. The molecule has 1 aromatic rings. The quantitative estimate of drug-likeness (QED) is 0.331. The lowest BCUT2D eigenvalue weighted by Crippen LogP contribution is -2.53. The Morgan fingerprint density at radius 3 is 2.44 bits per heavy atom. The molecule has 0 saturated carbocycles. The predicted molar refractivity (Wildman–Crippen MR) is 61.4 cm³/mol. The van der Waals surface area contributed by atoms with Gasteiger partial charge in [-0.3, -0.25) is 19.7 Å². The first-order chi connectivity index (χ1) is 8.33. The van der Waals surface area contributed by atoms with Crippen molar-refractivity contribution >= 4 is 11.7 Å². The lowest BCUT2D eigenvalue weighted by molar-refractivity contribution is -0.468. The highest BCUT2D eigenvalue weighted by molar-refractivity contribution is 6.03. The van der Waals surface area contributed by atoms with E-state index in [0.717, 1.165) is 6.92 Å². The van der Waals surface area contributed by atoms with Crippen molar-refractivity contribution in [3.63, 3.8) is 0 Å². The molecule has 1 atom stereocenters. The maximum atomic E-state index is 11.9. The monoisotopic (exact) mass is 252 g/mol. The molecule has 0 spiro atoms. The minimum absolute atomic E-state index is 0.198. The largest absolute Gasteiger partial charge is 0.364 e. The van der Waals surface area contributed by atoms with Crippen molar-refractivity contribution in [2.75, 3.05) is 6.54 Å². The molecule has 1 aromatic carbocycles. The van der Waals surface area contributed by atoms with Crippen LogP contribution >= 0.6 is 0 Å². The molecular formula is C11H12N2O5. The van der Waals surface area contributed by atoms with Crippen LogP contribution in [0.5, 0.6) is 0 Å². The highest BCUT2D eigenvalue weighted by Gasteiger charge is 2.33. The van der Waals surface area contributed by atoms with E-state index in [0.29, 0.717) is 0 Å². The molecule has 0 radical (unpaired) electrons. The van der Waals surface area contributed by atoms with Crippen LogP contribution in [-0.4, -0.2) is 34.0 Å². The van der Waals surface area contributed by atoms with Gasteiger partial charge in [-0.05, 0) is 6.92 Å². The number of carbonyl (C=O) groups excluding carboxylic acids is 2. The molecule has 0 bridgehead atoms. The standard InChI is InChI=1S/C11H12N2O5/c1-11(16,12-9(14)7-13(17)18)10(15)8-5-3-2-4-6-8/h2-6,16H,7H2,1H3,(H,12,14). The lowest BCUT2D eigenvalue weighted by atomic mass is 10.0. The van der Waals surface area contributed by atoms with Crippen molar-refractivity contribution in [1.29, 1.82) is 0 Å². The Hall–Kier alpha value is -2.28. The Balaban J connectivity index is 2.78. The van der Waals surface area contributed by atoms with Crippen LogP contribution in [0, 0.1) is 10.1 Å². The van der Waals surface area contributed by atoms with E-state index in [4.69, 9.17) is 0 Å². The number of amides is 1. The molecule has 0 aliphatic rings. The number of nitro groups is 1. The van der Waals surface area contributed by atoms with Crippen LogP contribution in [0.25, 0.3) is 0 Å². The summed E-state index contributed by atoms with van der Waals surface area (Å²) in [6, 6.07) is 7.83. The molecule has 0 fully saturated rings. The minimum atomic E-state index is -2.17. The number of benzene rings is 1.